The molecule has 0 bridgehead atoms. The number of hydrogen-bond acceptors (Lipinski definition) is 3. The van der Waals surface area contributed by atoms with Crippen LogP contribution in [0.3, 0.4) is 0 Å². The van der Waals surface area contributed by atoms with E-state index in [4.69, 9.17) is 0 Å². The predicted molar refractivity (Wildman–Crippen MR) is 87.7 cm³/mol. The summed E-state index contributed by atoms with van der Waals surface area (Å²) in [5, 5.41) is 13.1. The van der Waals surface area contributed by atoms with Gasteiger partial charge in [0.1, 0.15) is 0 Å². The fourth-order valence-corrected chi connectivity index (χ4v) is 2.95. The Morgan fingerprint density at radius 3 is 2.38 bits per heavy atom. The first-order valence-corrected chi connectivity index (χ1v) is 7.16. The van der Waals surface area contributed by atoms with Gasteiger partial charge in [0.15, 0.2) is 11.6 Å². The zero-order valence-electron chi connectivity index (χ0n) is 11.5. The van der Waals surface area contributed by atoms with Crippen LogP contribution in [0.4, 0.5) is 8.78 Å². The van der Waals surface area contributed by atoms with Crippen molar-refractivity contribution in [3.8, 4) is 5.75 Å². The lowest BCUT2D eigenvalue weighted by molar-refractivity contribution is 0.166. The molecule has 8 heteroatoms. The van der Waals surface area contributed by atoms with E-state index in [-0.39, 0.29) is 35.3 Å². The van der Waals surface area contributed by atoms with Gasteiger partial charge < -0.3 is 10.4 Å². The van der Waals surface area contributed by atoms with Crippen LogP contribution in [0.2, 0.25) is 0 Å². The van der Waals surface area contributed by atoms with Crippen LogP contribution in [0.5, 0.6) is 5.75 Å². The molecular formula is C13H19BrCl2F2N2O. The van der Waals surface area contributed by atoms with Crippen molar-refractivity contribution in [3.05, 3.63) is 27.7 Å². The number of rotatable bonds is 3. The van der Waals surface area contributed by atoms with Gasteiger partial charge in [-0.1, -0.05) is 6.92 Å². The highest BCUT2D eigenvalue weighted by atomic mass is 79.9. The fourth-order valence-electron chi connectivity index (χ4n) is 2.53. The van der Waals surface area contributed by atoms with E-state index < -0.39 is 17.4 Å². The third kappa shape index (κ3) is 4.42. The highest BCUT2D eigenvalue weighted by molar-refractivity contribution is 9.10. The third-order valence-corrected chi connectivity index (χ3v) is 4.08. The predicted octanol–water partition coefficient (Wildman–Crippen LogP) is 3.63. The van der Waals surface area contributed by atoms with Gasteiger partial charge in [-0.3, -0.25) is 4.90 Å². The Kier molecular flexibility index (Phi) is 9.04. The second-order valence-corrected chi connectivity index (χ2v) is 5.49. The van der Waals surface area contributed by atoms with Crippen LogP contribution < -0.4 is 5.32 Å². The van der Waals surface area contributed by atoms with Crippen molar-refractivity contribution in [2.45, 2.75) is 19.4 Å². The Balaban J connectivity index is 0.00000200. The first-order valence-electron chi connectivity index (χ1n) is 6.37. The number of hydrogen-bond donors (Lipinski definition) is 2. The van der Waals surface area contributed by atoms with Crippen LogP contribution >= 0.6 is 40.7 Å². The molecular weight excluding hydrogens is 389 g/mol. The number of nitrogens with one attached hydrogen (secondary N) is 1. The van der Waals surface area contributed by atoms with E-state index in [1.807, 2.05) is 6.92 Å². The minimum Gasteiger partial charge on any atom is -0.505 e. The summed E-state index contributed by atoms with van der Waals surface area (Å²) in [6.45, 7) is 5.36. The van der Waals surface area contributed by atoms with Crippen LogP contribution in [0.25, 0.3) is 0 Å². The van der Waals surface area contributed by atoms with Gasteiger partial charge in [-0.25, -0.2) is 4.39 Å². The van der Waals surface area contributed by atoms with Crippen molar-refractivity contribution in [1.82, 2.24) is 10.2 Å². The number of benzene rings is 1. The number of phenolic OH excluding ortho intramolecular Hbond substituents is 1. The van der Waals surface area contributed by atoms with Gasteiger partial charge in [0.25, 0.3) is 0 Å². The van der Waals surface area contributed by atoms with E-state index >= 15 is 0 Å². The molecule has 21 heavy (non-hydrogen) atoms. The molecule has 1 aromatic carbocycles. The number of halogens is 5. The molecule has 0 aromatic heterocycles. The van der Waals surface area contributed by atoms with Crippen LogP contribution in [-0.4, -0.2) is 36.2 Å². The minimum atomic E-state index is -1.18. The van der Waals surface area contributed by atoms with E-state index in [0.29, 0.717) is 5.56 Å². The molecule has 1 saturated heterocycles. The number of phenols is 1. The van der Waals surface area contributed by atoms with E-state index in [2.05, 4.69) is 26.1 Å². The first-order chi connectivity index (χ1) is 9.06. The molecule has 0 radical (unpaired) electrons. The van der Waals surface area contributed by atoms with Gasteiger partial charge in [0, 0.05) is 37.8 Å². The Bertz CT molecular complexity index is 474. The average Bonchev–Trinajstić information content (AvgIpc) is 2.44. The second kappa shape index (κ2) is 9.10. The second-order valence-electron chi connectivity index (χ2n) is 4.63. The Hall–Kier alpha value is -0.140. The maximum atomic E-state index is 13.6. The van der Waals surface area contributed by atoms with E-state index in [9.17, 15) is 13.9 Å². The van der Waals surface area contributed by atoms with Gasteiger partial charge in [-0.2, -0.15) is 4.39 Å². The van der Waals surface area contributed by atoms with E-state index in [0.717, 1.165) is 32.6 Å². The van der Waals surface area contributed by atoms with Gasteiger partial charge in [0.2, 0.25) is 5.82 Å². The zero-order valence-corrected chi connectivity index (χ0v) is 14.8. The molecule has 2 N–H and O–H groups in total. The smallest absolute Gasteiger partial charge is 0.201 e. The van der Waals surface area contributed by atoms with Crippen LogP contribution in [0.1, 0.15) is 24.9 Å². The van der Waals surface area contributed by atoms with Crippen molar-refractivity contribution in [3.63, 3.8) is 0 Å². The number of piperazine rings is 1. The lowest BCUT2D eigenvalue weighted by Crippen LogP contribution is -2.45. The molecule has 0 unspecified atom stereocenters. The summed E-state index contributed by atoms with van der Waals surface area (Å²) >= 11 is 3.00. The summed E-state index contributed by atoms with van der Waals surface area (Å²) in [6, 6.07) is 1.37. The van der Waals surface area contributed by atoms with Gasteiger partial charge >= 0.3 is 0 Å². The van der Waals surface area contributed by atoms with E-state index in [1.54, 1.807) is 0 Å². The largest absolute Gasteiger partial charge is 0.505 e. The summed E-state index contributed by atoms with van der Waals surface area (Å²) in [5.41, 5.74) is 0.440. The third-order valence-electron chi connectivity index (χ3n) is 3.50. The molecule has 1 heterocycles. The summed E-state index contributed by atoms with van der Waals surface area (Å²) in [6.07, 6.45) is 0.727. The summed E-state index contributed by atoms with van der Waals surface area (Å²) in [4.78, 5) is 2.18. The molecule has 2 rings (SSSR count). The van der Waals surface area contributed by atoms with Gasteiger partial charge in [0.05, 0.1) is 4.47 Å². The monoisotopic (exact) mass is 406 g/mol. The Labute approximate surface area is 144 Å². The number of nitrogens with zero attached hydrogens (tertiary/aromatic N) is 1. The van der Waals surface area contributed by atoms with Crippen LogP contribution in [-0.2, 0) is 0 Å². The maximum Gasteiger partial charge on any atom is 0.201 e. The number of aromatic hydroxyl groups is 1. The lowest BCUT2D eigenvalue weighted by atomic mass is 10.0. The quantitative estimate of drug-likeness (QED) is 0.751. The molecule has 3 nitrogen and oxygen atoms in total. The normalized spacial score (nSPS) is 16.8. The highest BCUT2D eigenvalue weighted by Gasteiger charge is 2.26. The summed E-state index contributed by atoms with van der Waals surface area (Å²) < 4.78 is 27.1. The van der Waals surface area contributed by atoms with Gasteiger partial charge in [-0.05, 0) is 28.4 Å². The van der Waals surface area contributed by atoms with Crippen molar-refractivity contribution in [2.24, 2.45) is 0 Å². The molecule has 0 saturated carbocycles. The first kappa shape index (κ1) is 20.9. The van der Waals surface area contributed by atoms with Crippen molar-refractivity contribution in [2.75, 3.05) is 26.2 Å². The lowest BCUT2D eigenvalue weighted by Gasteiger charge is -2.35. The van der Waals surface area contributed by atoms with Crippen LogP contribution in [0, 0.1) is 11.6 Å². The van der Waals surface area contributed by atoms with Crippen molar-refractivity contribution < 1.29 is 13.9 Å². The Morgan fingerprint density at radius 1 is 1.29 bits per heavy atom. The van der Waals surface area contributed by atoms with Crippen molar-refractivity contribution in [1.29, 1.82) is 0 Å². The molecule has 0 spiro atoms. The molecule has 1 aromatic rings. The molecule has 1 aliphatic heterocycles. The average molecular weight is 408 g/mol. The molecule has 1 atom stereocenters. The molecule has 0 amide bonds. The molecule has 122 valence electrons. The minimum absolute atomic E-state index is 0. The standard InChI is InChI=1S/C13H17BrF2N2O.2ClH/c1-2-10(18-5-3-17-4-6-18)8-7-9(14)11(15)12(16)13(8)19;;/h7,10,17,19H,2-6H2,1H3;2*1H/t10-;;/m0../s1. The SMILES string of the molecule is CC[C@@H](c1cc(Br)c(F)c(F)c1O)N1CCNCC1.Cl.Cl. The topological polar surface area (TPSA) is 35.5 Å². The molecule has 1 aliphatic rings. The highest BCUT2D eigenvalue weighted by Crippen LogP contribution is 2.37. The molecule has 1 fully saturated rings. The fraction of sp³-hybridized carbons (Fsp3) is 0.538. The Morgan fingerprint density at radius 2 is 1.86 bits per heavy atom. The summed E-state index contributed by atoms with van der Waals surface area (Å²) in [7, 11) is 0. The van der Waals surface area contributed by atoms with Crippen LogP contribution in [0.15, 0.2) is 10.5 Å². The maximum absolute atomic E-state index is 13.6. The van der Waals surface area contributed by atoms with Crippen molar-refractivity contribution >= 4 is 40.7 Å². The molecule has 0 aliphatic carbocycles. The zero-order chi connectivity index (χ0) is 14.0. The summed E-state index contributed by atoms with van der Waals surface area (Å²) in [5.74, 6) is -2.81. The van der Waals surface area contributed by atoms with E-state index in [1.165, 1.54) is 6.07 Å². The van der Waals surface area contributed by atoms with Gasteiger partial charge in [-0.15, -0.1) is 24.8 Å².